The molecule has 2 saturated heterocycles. The molecule has 0 atom stereocenters. The molecule has 9 heteroatoms. The number of nitrogens with zero attached hydrogens (tertiary/aromatic N) is 7. The molecule has 162 valence electrons. The quantitative estimate of drug-likeness (QED) is 0.604. The van der Waals surface area contributed by atoms with Gasteiger partial charge in [0.1, 0.15) is 22.8 Å². The smallest absolute Gasteiger partial charge is 0.223 e. The molecule has 5 rings (SSSR count). The number of carbonyl (C=O) groups excluding carboxylic acids is 1. The molecule has 0 N–H and O–H groups in total. The van der Waals surface area contributed by atoms with Crippen LogP contribution in [0, 0.1) is 0 Å². The maximum absolute atomic E-state index is 12.7. The fourth-order valence-electron chi connectivity index (χ4n) is 4.35. The van der Waals surface area contributed by atoms with Crippen LogP contribution in [-0.4, -0.2) is 89.6 Å². The Labute approximate surface area is 186 Å². The second-order valence-electron chi connectivity index (χ2n) is 7.97. The molecule has 0 saturated carbocycles. The average molecular weight is 438 g/mol. The molecule has 0 spiro atoms. The van der Waals surface area contributed by atoms with Crippen molar-refractivity contribution in [3.63, 3.8) is 0 Å². The summed E-state index contributed by atoms with van der Waals surface area (Å²) < 4.78 is 0. The van der Waals surface area contributed by atoms with Crippen molar-refractivity contribution < 1.29 is 4.79 Å². The lowest BCUT2D eigenvalue weighted by Gasteiger charge is -2.37. The Bertz CT molecular complexity index is 1010. The standard InChI is InChI=1S/C22H27N7OS/c30-20(28-14-12-27(13-15-28)19-3-1-2-6-23-19)4-7-26-8-10-29(11-9-26)21-18-5-16-31-22(18)25-17-24-21/h1-3,5-6,16-17H,4,7-15H2. The number of hydrogen-bond acceptors (Lipinski definition) is 8. The van der Waals surface area contributed by atoms with Gasteiger partial charge in [0.05, 0.1) is 5.39 Å². The van der Waals surface area contributed by atoms with E-state index in [1.807, 2.05) is 29.3 Å². The fourth-order valence-corrected chi connectivity index (χ4v) is 5.08. The van der Waals surface area contributed by atoms with Crippen LogP contribution < -0.4 is 9.80 Å². The van der Waals surface area contributed by atoms with Crippen molar-refractivity contribution in [3.8, 4) is 0 Å². The second kappa shape index (κ2) is 9.15. The SMILES string of the molecule is O=C(CCN1CCN(c2ncnc3sccc23)CC1)N1CCN(c2ccccn2)CC1. The van der Waals surface area contributed by atoms with E-state index in [0.29, 0.717) is 6.42 Å². The molecule has 0 radical (unpaired) electrons. The molecular weight excluding hydrogens is 410 g/mol. The molecule has 5 heterocycles. The first-order valence-electron chi connectivity index (χ1n) is 10.9. The Balaban J connectivity index is 1.07. The number of rotatable bonds is 5. The highest BCUT2D eigenvalue weighted by Gasteiger charge is 2.24. The van der Waals surface area contributed by atoms with E-state index in [1.165, 1.54) is 0 Å². The molecule has 2 aliphatic rings. The third kappa shape index (κ3) is 4.47. The van der Waals surface area contributed by atoms with Crippen LogP contribution >= 0.6 is 11.3 Å². The van der Waals surface area contributed by atoms with Gasteiger partial charge in [0, 0.05) is 71.5 Å². The van der Waals surface area contributed by atoms with Gasteiger partial charge < -0.3 is 14.7 Å². The Kier molecular flexibility index (Phi) is 5.95. The van der Waals surface area contributed by atoms with Crippen molar-refractivity contribution in [2.24, 2.45) is 0 Å². The third-order valence-corrected chi connectivity index (χ3v) is 6.98. The predicted octanol–water partition coefficient (Wildman–Crippen LogP) is 1.95. The molecule has 3 aromatic heterocycles. The summed E-state index contributed by atoms with van der Waals surface area (Å²) in [4.78, 5) is 36.0. The van der Waals surface area contributed by atoms with Gasteiger partial charge in [0.2, 0.25) is 5.91 Å². The van der Waals surface area contributed by atoms with Crippen LogP contribution in [0.3, 0.4) is 0 Å². The highest BCUT2D eigenvalue weighted by molar-refractivity contribution is 7.16. The summed E-state index contributed by atoms with van der Waals surface area (Å²) in [5.41, 5.74) is 0. The number of hydrogen-bond donors (Lipinski definition) is 0. The number of pyridine rings is 1. The zero-order valence-corrected chi connectivity index (χ0v) is 18.4. The van der Waals surface area contributed by atoms with Gasteiger partial charge in [-0.2, -0.15) is 0 Å². The largest absolute Gasteiger partial charge is 0.353 e. The van der Waals surface area contributed by atoms with Gasteiger partial charge in [-0.15, -0.1) is 11.3 Å². The summed E-state index contributed by atoms with van der Waals surface area (Å²) in [6.07, 6.45) is 4.07. The van der Waals surface area contributed by atoms with E-state index >= 15 is 0 Å². The zero-order valence-electron chi connectivity index (χ0n) is 17.6. The van der Waals surface area contributed by atoms with Crippen molar-refractivity contribution in [1.82, 2.24) is 24.8 Å². The molecule has 2 fully saturated rings. The van der Waals surface area contributed by atoms with Crippen molar-refractivity contribution in [2.45, 2.75) is 6.42 Å². The van der Waals surface area contributed by atoms with E-state index in [-0.39, 0.29) is 5.91 Å². The lowest BCUT2D eigenvalue weighted by Crippen LogP contribution is -2.50. The minimum Gasteiger partial charge on any atom is -0.353 e. The van der Waals surface area contributed by atoms with E-state index in [4.69, 9.17) is 0 Å². The van der Waals surface area contributed by atoms with Crippen LogP contribution in [0.25, 0.3) is 10.2 Å². The van der Waals surface area contributed by atoms with E-state index in [1.54, 1.807) is 17.7 Å². The van der Waals surface area contributed by atoms with Crippen molar-refractivity contribution in [2.75, 3.05) is 68.7 Å². The van der Waals surface area contributed by atoms with Crippen LogP contribution in [-0.2, 0) is 4.79 Å². The second-order valence-corrected chi connectivity index (χ2v) is 8.87. The average Bonchev–Trinajstić information content (AvgIpc) is 3.33. The zero-order chi connectivity index (χ0) is 21.0. The molecule has 0 unspecified atom stereocenters. The molecule has 0 aromatic carbocycles. The van der Waals surface area contributed by atoms with Crippen LogP contribution in [0.15, 0.2) is 42.2 Å². The Morgan fingerprint density at radius 1 is 0.903 bits per heavy atom. The Hall–Kier alpha value is -2.78. The molecule has 0 aliphatic carbocycles. The number of carbonyl (C=O) groups is 1. The van der Waals surface area contributed by atoms with E-state index in [2.05, 4.69) is 41.1 Å². The van der Waals surface area contributed by atoms with Gasteiger partial charge >= 0.3 is 0 Å². The first-order valence-corrected chi connectivity index (χ1v) is 11.8. The van der Waals surface area contributed by atoms with Crippen molar-refractivity contribution >= 4 is 39.1 Å². The van der Waals surface area contributed by atoms with Gasteiger partial charge in [0.25, 0.3) is 0 Å². The highest BCUT2D eigenvalue weighted by Crippen LogP contribution is 2.27. The predicted molar refractivity (Wildman–Crippen MR) is 124 cm³/mol. The molecule has 8 nitrogen and oxygen atoms in total. The molecule has 0 bridgehead atoms. The van der Waals surface area contributed by atoms with E-state index in [9.17, 15) is 4.79 Å². The molecular formula is C22H27N7OS. The summed E-state index contributed by atoms with van der Waals surface area (Å²) in [5, 5.41) is 3.21. The number of thiophene rings is 1. The molecule has 1 amide bonds. The normalized spacial score (nSPS) is 18.0. The maximum Gasteiger partial charge on any atom is 0.223 e. The summed E-state index contributed by atoms with van der Waals surface area (Å²) in [6.45, 7) is 7.82. The van der Waals surface area contributed by atoms with Crippen LogP contribution in [0.1, 0.15) is 6.42 Å². The highest BCUT2D eigenvalue weighted by atomic mass is 32.1. The van der Waals surface area contributed by atoms with Crippen LogP contribution in [0.2, 0.25) is 0 Å². The van der Waals surface area contributed by atoms with Crippen molar-refractivity contribution in [1.29, 1.82) is 0 Å². The number of fused-ring (bicyclic) bond motifs is 1. The summed E-state index contributed by atoms with van der Waals surface area (Å²) in [7, 11) is 0. The maximum atomic E-state index is 12.7. The van der Waals surface area contributed by atoms with Gasteiger partial charge in [-0.3, -0.25) is 9.69 Å². The minimum absolute atomic E-state index is 0.263. The third-order valence-electron chi connectivity index (χ3n) is 6.16. The van der Waals surface area contributed by atoms with Gasteiger partial charge in [0.15, 0.2) is 0 Å². The van der Waals surface area contributed by atoms with Gasteiger partial charge in [-0.05, 0) is 23.6 Å². The summed E-state index contributed by atoms with van der Waals surface area (Å²) in [6, 6.07) is 8.07. The lowest BCUT2D eigenvalue weighted by atomic mass is 10.2. The molecule has 3 aromatic rings. The lowest BCUT2D eigenvalue weighted by molar-refractivity contribution is -0.131. The molecule has 31 heavy (non-hydrogen) atoms. The first-order chi connectivity index (χ1) is 15.3. The van der Waals surface area contributed by atoms with Gasteiger partial charge in [-0.25, -0.2) is 15.0 Å². The number of aromatic nitrogens is 3. The monoisotopic (exact) mass is 437 g/mol. The van der Waals surface area contributed by atoms with E-state index < -0.39 is 0 Å². The number of anilines is 2. The summed E-state index contributed by atoms with van der Waals surface area (Å²) in [5.74, 6) is 2.29. The van der Waals surface area contributed by atoms with Gasteiger partial charge in [-0.1, -0.05) is 6.07 Å². The van der Waals surface area contributed by atoms with E-state index in [0.717, 1.165) is 80.8 Å². The van der Waals surface area contributed by atoms with Crippen molar-refractivity contribution in [3.05, 3.63) is 42.2 Å². The molecule has 2 aliphatic heterocycles. The summed E-state index contributed by atoms with van der Waals surface area (Å²) >= 11 is 1.65. The van der Waals surface area contributed by atoms with Crippen LogP contribution in [0.5, 0.6) is 0 Å². The Morgan fingerprint density at radius 2 is 1.71 bits per heavy atom. The fraction of sp³-hybridized carbons (Fsp3) is 0.455. The first kappa shape index (κ1) is 20.1. The van der Waals surface area contributed by atoms with Crippen LogP contribution in [0.4, 0.5) is 11.6 Å². The number of amides is 1. The Morgan fingerprint density at radius 3 is 2.48 bits per heavy atom. The topological polar surface area (TPSA) is 68.7 Å². The number of piperazine rings is 2. The minimum atomic E-state index is 0.263.